The minimum Gasteiger partial charge on any atom is -0.378 e. The van der Waals surface area contributed by atoms with Gasteiger partial charge in [-0.2, -0.15) is 4.37 Å². The highest BCUT2D eigenvalue weighted by Crippen LogP contribution is 2.38. The third-order valence-electron chi connectivity index (χ3n) is 3.44. The van der Waals surface area contributed by atoms with Crippen LogP contribution in [-0.2, 0) is 5.54 Å². The Morgan fingerprint density at radius 1 is 1.29 bits per heavy atom. The molecule has 3 aromatic rings. The van der Waals surface area contributed by atoms with Crippen LogP contribution in [0.3, 0.4) is 0 Å². The van der Waals surface area contributed by atoms with Crippen LogP contribution < -0.4 is 5.32 Å². The molecule has 1 N–H and O–H groups in total. The van der Waals surface area contributed by atoms with Crippen molar-refractivity contribution in [2.45, 2.75) is 33.2 Å². The zero-order valence-corrected chi connectivity index (χ0v) is 13.7. The second-order valence-corrected chi connectivity index (χ2v) is 6.80. The molecule has 0 bridgehead atoms. The monoisotopic (exact) mass is 301 g/mol. The van der Waals surface area contributed by atoms with E-state index in [0.29, 0.717) is 0 Å². The van der Waals surface area contributed by atoms with E-state index < -0.39 is 0 Å². The van der Waals surface area contributed by atoms with Crippen molar-refractivity contribution >= 4 is 27.6 Å². The lowest BCUT2D eigenvalue weighted by molar-refractivity contribution is 0.413. The lowest BCUT2D eigenvalue weighted by Crippen LogP contribution is -2.22. The molecule has 3 aromatic heterocycles. The molecular weight excluding hydrogens is 282 g/mol. The first-order valence-corrected chi connectivity index (χ1v) is 7.68. The summed E-state index contributed by atoms with van der Waals surface area (Å²) in [5, 5.41) is 4.27. The Balaban J connectivity index is 2.40. The van der Waals surface area contributed by atoms with Gasteiger partial charge in [0.15, 0.2) is 0 Å². The van der Waals surface area contributed by atoms with Gasteiger partial charge in [0.1, 0.15) is 16.3 Å². The van der Waals surface area contributed by atoms with Crippen molar-refractivity contribution in [3.8, 4) is 11.4 Å². The van der Waals surface area contributed by atoms with Crippen molar-refractivity contribution in [3.63, 3.8) is 0 Å². The van der Waals surface area contributed by atoms with Crippen LogP contribution in [0.1, 0.15) is 26.5 Å². The first-order chi connectivity index (χ1) is 9.93. The average Bonchev–Trinajstić information content (AvgIpc) is 2.97. The highest BCUT2D eigenvalue weighted by molar-refractivity contribution is 7.10. The number of pyridine rings is 1. The Labute approximate surface area is 128 Å². The quantitative estimate of drug-likeness (QED) is 0.785. The Kier molecular flexibility index (Phi) is 3.20. The molecule has 21 heavy (non-hydrogen) atoms. The highest BCUT2D eigenvalue weighted by atomic mass is 32.1. The summed E-state index contributed by atoms with van der Waals surface area (Å²) in [7, 11) is 1.92. The van der Waals surface area contributed by atoms with Crippen molar-refractivity contribution in [1.82, 2.24) is 18.9 Å². The number of nitrogens with zero attached hydrogens (tertiary/aromatic N) is 4. The van der Waals surface area contributed by atoms with Crippen molar-refractivity contribution in [2.75, 3.05) is 12.4 Å². The maximum atomic E-state index is 4.82. The molecule has 0 saturated carbocycles. The molecule has 0 amide bonds. The number of hydrogen-bond acceptors (Lipinski definition) is 5. The molecule has 110 valence electrons. The number of fused-ring (bicyclic) bond motifs is 1. The number of anilines is 1. The van der Waals surface area contributed by atoms with Crippen LogP contribution in [0.2, 0.25) is 0 Å². The van der Waals surface area contributed by atoms with E-state index in [4.69, 9.17) is 4.98 Å². The molecule has 0 aromatic carbocycles. The van der Waals surface area contributed by atoms with Gasteiger partial charge in [0.2, 0.25) is 0 Å². The molecule has 0 radical (unpaired) electrons. The van der Waals surface area contributed by atoms with Gasteiger partial charge in [0, 0.05) is 18.8 Å². The molecule has 3 heterocycles. The molecule has 6 heteroatoms. The SMILES string of the molecule is CNc1snc(C)c1-c1nc2cnccc2n1C(C)(C)C. The van der Waals surface area contributed by atoms with Gasteiger partial charge in [0.05, 0.1) is 23.0 Å². The summed E-state index contributed by atoms with van der Waals surface area (Å²) in [5.74, 6) is 0.945. The van der Waals surface area contributed by atoms with E-state index in [2.05, 4.69) is 40.0 Å². The van der Waals surface area contributed by atoms with E-state index in [1.165, 1.54) is 11.5 Å². The van der Waals surface area contributed by atoms with E-state index in [9.17, 15) is 0 Å². The minimum absolute atomic E-state index is 0.0785. The third-order valence-corrected chi connectivity index (χ3v) is 4.40. The van der Waals surface area contributed by atoms with Gasteiger partial charge in [0.25, 0.3) is 0 Å². The fourth-order valence-corrected chi connectivity index (χ4v) is 3.32. The Bertz CT molecular complexity index is 794. The van der Waals surface area contributed by atoms with E-state index in [1.54, 1.807) is 0 Å². The summed E-state index contributed by atoms with van der Waals surface area (Å²) in [5.41, 5.74) is 4.01. The Morgan fingerprint density at radius 3 is 2.71 bits per heavy atom. The van der Waals surface area contributed by atoms with Crippen LogP contribution >= 0.6 is 11.5 Å². The molecule has 0 fully saturated rings. The number of nitrogens with one attached hydrogen (secondary N) is 1. The van der Waals surface area contributed by atoms with Crippen LogP contribution in [0, 0.1) is 6.92 Å². The van der Waals surface area contributed by atoms with Gasteiger partial charge in [-0.25, -0.2) is 4.98 Å². The summed E-state index contributed by atoms with van der Waals surface area (Å²) in [6, 6.07) is 2.02. The van der Waals surface area contributed by atoms with Crippen molar-refractivity contribution in [3.05, 3.63) is 24.2 Å². The van der Waals surface area contributed by atoms with Gasteiger partial charge in [-0.3, -0.25) is 4.98 Å². The first kappa shape index (κ1) is 14.0. The van der Waals surface area contributed by atoms with E-state index in [0.717, 1.165) is 33.1 Å². The first-order valence-electron chi connectivity index (χ1n) is 6.91. The van der Waals surface area contributed by atoms with Crippen LogP contribution in [0.5, 0.6) is 0 Å². The summed E-state index contributed by atoms with van der Waals surface area (Å²) in [4.78, 5) is 9.01. The van der Waals surface area contributed by atoms with Crippen LogP contribution in [0.15, 0.2) is 18.5 Å². The molecule has 0 atom stereocenters. The predicted octanol–water partition coefficient (Wildman–Crippen LogP) is 3.66. The molecule has 3 rings (SSSR count). The van der Waals surface area contributed by atoms with Crippen LogP contribution in [-0.4, -0.2) is 26.0 Å². The Morgan fingerprint density at radius 2 is 2.05 bits per heavy atom. The number of imidazole rings is 1. The standard InChI is InChI=1S/C15H19N5S/c1-9-12(14(16-5)21-19-9)13-18-10-8-17-7-6-11(10)20(13)15(2,3)4/h6-8,16H,1-5H3. The second kappa shape index (κ2) is 4.80. The Hall–Kier alpha value is -1.95. The lowest BCUT2D eigenvalue weighted by Gasteiger charge is -2.24. The average molecular weight is 301 g/mol. The topological polar surface area (TPSA) is 55.6 Å². The lowest BCUT2D eigenvalue weighted by atomic mass is 10.1. The molecule has 0 spiro atoms. The maximum Gasteiger partial charge on any atom is 0.146 e. The van der Waals surface area contributed by atoms with Crippen molar-refractivity contribution < 1.29 is 0 Å². The van der Waals surface area contributed by atoms with Gasteiger partial charge in [-0.05, 0) is 45.3 Å². The molecule has 0 aliphatic heterocycles. The fourth-order valence-electron chi connectivity index (χ4n) is 2.58. The largest absolute Gasteiger partial charge is 0.378 e. The predicted molar refractivity (Wildman–Crippen MR) is 87.9 cm³/mol. The summed E-state index contributed by atoms with van der Waals surface area (Å²) < 4.78 is 6.73. The van der Waals surface area contributed by atoms with Crippen LogP contribution in [0.25, 0.3) is 22.4 Å². The van der Waals surface area contributed by atoms with Gasteiger partial charge < -0.3 is 9.88 Å². The maximum absolute atomic E-state index is 4.82. The zero-order chi connectivity index (χ0) is 15.2. The van der Waals surface area contributed by atoms with Crippen LogP contribution in [0.4, 0.5) is 5.00 Å². The number of aromatic nitrogens is 4. The molecule has 0 saturated heterocycles. The number of rotatable bonds is 2. The fraction of sp³-hybridized carbons (Fsp3) is 0.400. The summed E-state index contributed by atoms with van der Waals surface area (Å²) in [6.45, 7) is 8.59. The van der Waals surface area contributed by atoms with Gasteiger partial charge in [-0.15, -0.1) is 0 Å². The third kappa shape index (κ3) is 2.19. The zero-order valence-electron chi connectivity index (χ0n) is 12.9. The van der Waals surface area contributed by atoms with E-state index in [-0.39, 0.29) is 5.54 Å². The van der Waals surface area contributed by atoms with E-state index in [1.807, 2.05) is 32.4 Å². The smallest absolute Gasteiger partial charge is 0.146 e. The normalized spacial score (nSPS) is 12.0. The van der Waals surface area contributed by atoms with Crippen molar-refractivity contribution in [1.29, 1.82) is 0 Å². The number of hydrogen-bond donors (Lipinski definition) is 1. The summed E-state index contributed by atoms with van der Waals surface area (Å²) in [6.07, 6.45) is 3.63. The number of aryl methyl sites for hydroxylation is 1. The van der Waals surface area contributed by atoms with E-state index >= 15 is 0 Å². The molecule has 0 unspecified atom stereocenters. The molecule has 5 nitrogen and oxygen atoms in total. The highest BCUT2D eigenvalue weighted by Gasteiger charge is 2.26. The van der Waals surface area contributed by atoms with Gasteiger partial charge >= 0.3 is 0 Å². The summed E-state index contributed by atoms with van der Waals surface area (Å²) >= 11 is 1.47. The van der Waals surface area contributed by atoms with Gasteiger partial charge in [-0.1, -0.05) is 0 Å². The molecule has 0 aliphatic rings. The molecular formula is C15H19N5S. The second-order valence-electron chi connectivity index (χ2n) is 6.03. The van der Waals surface area contributed by atoms with Crippen molar-refractivity contribution in [2.24, 2.45) is 0 Å². The minimum atomic E-state index is -0.0785. The molecule has 0 aliphatic carbocycles.